The van der Waals surface area contributed by atoms with Crippen molar-refractivity contribution in [2.24, 2.45) is 0 Å². The van der Waals surface area contributed by atoms with E-state index in [4.69, 9.17) is 0 Å². The Labute approximate surface area is 84.5 Å². The average Bonchev–Trinajstić information content (AvgIpc) is 2.64. The average molecular weight is 221 g/mol. The molecule has 0 N–H and O–H groups in total. The van der Waals surface area contributed by atoms with Crippen LogP contribution in [0.4, 0.5) is 13.2 Å². The number of rotatable bonds is 3. The Bertz CT molecular complexity index is 319. The number of hydrogen-bond acceptors (Lipinski definition) is 2. The zero-order chi connectivity index (χ0) is 11.5. The van der Waals surface area contributed by atoms with Crippen LogP contribution < -0.4 is 0 Å². The second kappa shape index (κ2) is 4.37. The van der Waals surface area contributed by atoms with E-state index in [9.17, 15) is 18.0 Å². The van der Waals surface area contributed by atoms with Gasteiger partial charge in [-0.25, -0.2) is 0 Å². The molecule has 0 radical (unpaired) electrons. The number of carbonyl (C=O) groups excluding carboxylic acids is 1. The molecule has 0 spiro atoms. The molecule has 0 aromatic carbocycles. The first-order chi connectivity index (χ1) is 6.94. The van der Waals surface area contributed by atoms with Gasteiger partial charge in [-0.05, 0) is 13.0 Å². The molecule has 1 aromatic heterocycles. The standard InChI is InChI=1S/C9H10F3NO2/c1-2-13(6-9(10,11)12)8(14)7-3-4-15-5-7/h3-5H,2,6H2,1H3. The van der Waals surface area contributed by atoms with Crippen LogP contribution in [0.5, 0.6) is 0 Å². The highest BCUT2D eigenvalue weighted by molar-refractivity contribution is 5.93. The van der Waals surface area contributed by atoms with Crippen molar-refractivity contribution in [2.45, 2.75) is 13.1 Å². The van der Waals surface area contributed by atoms with Crippen molar-refractivity contribution in [3.8, 4) is 0 Å². The number of carbonyl (C=O) groups is 1. The highest BCUT2D eigenvalue weighted by Crippen LogP contribution is 2.18. The summed E-state index contributed by atoms with van der Waals surface area (Å²) in [5.41, 5.74) is 0.126. The second-order valence-corrected chi connectivity index (χ2v) is 2.95. The molecule has 1 amide bonds. The molecule has 3 nitrogen and oxygen atoms in total. The molecule has 15 heavy (non-hydrogen) atoms. The van der Waals surface area contributed by atoms with Gasteiger partial charge in [-0.1, -0.05) is 0 Å². The Morgan fingerprint density at radius 2 is 2.20 bits per heavy atom. The minimum Gasteiger partial charge on any atom is -0.472 e. The second-order valence-electron chi connectivity index (χ2n) is 2.95. The summed E-state index contributed by atoms with van der Waals surface area (Å²) < 4.78 is 40.9. The van der Waals surface area contributed by atoms with E-state index in [0.717, 1.165) is 6.26 Å². The van der Waals surface area contributed by atoms with Gasteiger partial charge >= 0.3 is 6.18 Å². The Hall–Kier alpha value is -1.46. The van der Waals surface area contributed by atoms with Gasteiger partial charge in [0.05, 0.1) is 11.8 Å². The molecule has 0 bridgehead atoms. The van der Waals surface area contributed by atoms with Crippen molar-refractivity contribution in [2.75, 3.05) is 13.1 Å². The molecule has 0 aliphatic rings. The van der Waals surface area contributed by atoms with Crippen LogP contribution in [0.15, 0.2) is 23.0 Å². The van der Waals surface area contributed by atoms with Gasteiger partial charge < -0.3 is 9.32 Å². The van der Waals surface area contributed by atoms with Crippen LogP contribution in [0.1, 0.15) is 17.3 Å². The fourth-order valence-corrected chi connectivity index (χ4v) is 1.11. The van der Waals surface area contributed by atoms with E-state index in [1.165, 1.54) is 19.3 Å². The lowest BCUT2D eigenvalue weighted by Crippen LogP contribution is -2.38. The Balaban J connectivity index is 2.72. The molecule has 0 fully saturated rings. The first-order valence-electron chi connectivity index (χ1n) is 4.32. The molecule has 0 saturated carbocycles. The molecule has 1 heterocycles. The number of nitrogens with zero attached hydrogens (tertiary/aromatic N) is 1. The SMILES string of the molecule is CCN(CC(F)(F)F)C(=O)c1ccoc1. The van der Waals surface area contributed by atoms with Crippen LogP contribution >= 0.6 is 0 Å². The summed E-state index contributed by atoms with van der Waals surface area (Å²) in [5, 5.41) is 0. The summed E-state index contributed by atoms with van der Waals surface area (Å²) >= 11 is 0. The van der Waals surface area contributed by atoms with Crippen molar-refractivity contribution >= 4 is 5.91 Å². The van der Waals surface area contributed by atoms with Crippen molar-refractivity contribution in [3.63, 3.8) is 0 Å². The van der Waals surface area contributed by atoms with Gasteiger partial charge in [-0.2, -0.15) is 13.2 Å². The molecule has 0 unspecified atom stereocenters. The minimum atomic E-state index is -4.38. The molecule has 0 atom stereocenters. The van der Waals surface area contributed by atoms with Crippen molar-refractivity contribution in [3.05, 3.63) is 24.2 Å². The fourth-order valence-electron chi connectivity index (χ4n) is 1.11. The summed E-state index contributed by atoms with van der Waals surface area (Å²) in [4.78, 5) is 12.2. The maximum absolute atomic E-state index is 12.1. The molecule has 1 aromatic rings. The summed E-state index contributed by atoms with van der Waals surface area (Å²) in [6.07, 6.45) is -2.01. The van der Waals surface area contributed by atoms with Gasteiger partial charge in [0.25, 0.3) is 5.91 Å². The highest BCUT2D eigenvalue weighted by Gasteiger charge is 2.32. The van der Waals surface area contributed by atoms with E-state index in [1.807, 2.05) is 0 Å². The summed E-state index contributed by atoms with van der Waals surface area (Å²) in [7, 11) is 0. The molecule has 84 valence electrons. The summed E-state index contributed by atoms with van der Waals surface area (Å²) in [6, 6.07) is 1.33. The fraction of sp³-hybridized carbons (Fsp3) is 0.444. The third kappa shape index (κ3) is 3.30. The first-order valence-corrected chi connectivity index (χ1v) is 4.32. The zero-order valence-electron chi connectivity index (χ0n) is 8.04. The lowest BCUT2D eigenvalue weighted by molar-refractivity contribution is -0.140. The van der Waals surface area contributed by atoms with Crippen molar-refractivity contribution in [1.82, 2.24) is 4.90 Å². The maximum Gasteiger partial charge on any atom is 0.406 e. The van der Waals surface area contributed by atoms with Crippen LogP contribution in [0.25, 0.3) is 0 Å². The molecular formula is C9H10F3NO2. The van der Waals surface area contributed by atoms with Crippen LogP contribution in [0.3, 0.4) is 0 Å². The van der Waals surface area contributed by atoms with Crippen molar-refractivity contribution in [1.29, 1.82) is 0 Å². The van der Waals surface area contributed by atoms with Crippen LogP contribution in [-0.4, -0.2) is 30.1 Å². The predicted octanol–water partition coefficient (Wildman–Crippen LogP) is 2.30. The maximum atomic E-state index is 12.1. The van der Waals surface area contributed by atoms with Crippen LogP contribution in [0.2, 0.25) is 0 Å². The van der Waals surface area contributed by atoms with Gasteiger partial charge in [0.15, 0.2) is 0 Å². The van der Waals surface area contributed by atoms with E-state index in [0.29, 0.717) is 4.90 Å². The minimum absolute atomic E-state index is 0.00350. The van der Waals surface area contributed by atoms with Crippen molar-refractivity contribution < 1.29 is 22.4 Å². The first kappa shape index (κ1) is 11.6. The predicted molar refractivity (Wildman–Crippen MR) is 46.3 cm³/mol. The van der Waals surface area contributed by atoms with E-state index in [1.54, 1.807) is 0 Å². The van der Waals surface area contributed by atoms with Crippen LogP contribution in [-0.2, 0) is 0 Å². The number of alkyl halides is 3. The van der Waals surface area contributed by atoms with Gasteiger partial charge in [0, 0.05) is 6.54 Å². The number of amides is 1. The molecule has 0 saturated heterocycles. The monoisotopic (exact) mass is 221 g/mol. The summed E-state index contributed by atoms with van der Waals surface area (Å²) in [6.45, 7) is 0.251. The van der Waals surface area contributed by atoms with Gasteiger partial charge in [0.1, 0.15) is 12.8 Å². The molecular weight excluding hydrogens is 211 g/mol. The van der Waals surface area contributed by atoms with E-state index < -0.39 is 18.6 Å². The van der Waals surface area contributed by atoms with Gasteiger partial charge in [-0.15, -0.1) is 0 Å². The number of hydrogen-bond donors (Lipinski definition) is 0. The Morgan fingerprint density at radius 3 is 2.60 bits per heavy atom. The van der Waals surface area contributed by atoms with E-state index in [-0.39, 0.29) is 12.1 Å². The lowest BCUT2D eigenvalue weighted by atomic mass is 10.3. The van der Waals surface area contributed by atoms with Crippen LogP contribution in [0, 0.1) is 0 Å². The molecule has 0 aliphatic heterocycles. The topological polar surface area (TPSA) is 33.5 Å². The third-order valence-corrected chi connectivity index (χ3v) is 1.81. The Morgan fingerprint density at radius 1 is 1.53 bits per heavy atom. The van der Waals surface area contributed by atoms with E-state index >= 15 is 0 Å². The highest BCUT2D eigenvalue weighted by atomic mass is 19.4. The number of furan rings is 1. The number of halogens is 3. The largest absolute Gasteiger partial charge is 0.472 e. The van der Waals surface area contributed by atoms with E-state index in [2.05, 4.69) is 4.42 Å². The Kier molecular flexibility index (Phi) is 3.39. The van der Waals surface area contributed by atoms with Gasteiger partial charge in [0.2, 0.25) is 0 Å². The third-order valence-electron chi connectivity index (χ3n) is 1.81. The summed E-state index contributed by atoms with van der Waals surface area (Å²) in [5.74, 6) is -0.677. The van der Waals surface area contributed by atoms with Gasteiger partial charge in [-0.3, -0.25) is 4.79 Å². The molecule has 1 rings (SSSR count). The molecule has 6 heteroatoms. The smallest absolute Gasteiger partial charge is 0.406 e. The zero-order valence-corrected chi connectivity index (χ0v) is 8.04. The quantitative estimate of drug-likeness (QED) is 0.784. The normalized spacial score (nSPS) is 11.5. The molecule has 0 aliphatic carbocycles. The lowest BCUT2D eigenvalue weighted by Gasteiger charge is -2.21.